The molecule has 0 radical (unpaired) electrons. The average molecular weight is 355 g/mol. The van der Waals surface area contributed by atoms with E-state index >= 15 is 0 Å². The topological polar surface area (TPSA) is 94.2 Å². The fraction of sp³-hybridized carbons (Fsp3) is 0.267. The van der Waals surface area contributed by atoms with E-state index in [1.165, 1.54) is 27.4 Å². The zero-order chi connectivity index (χ0) is 17.9. The summed E-state index contributed by atoms with van der Waals surface area (Å²) in [5, 5.41) is 2.68. The number of urea groups is 1. The number of ether oxygens (including phenoxy) is 3. The van der Waals surface area contributed by atoms with E-state index in [2.05, 4.69) is 10.1 Å². The van der Waals surface area contributed by atoms with Crippen LogP contribution in [-0.2, 0) is 14.3 Å². The number of benzene rings is 1. The third-order valence-electron chi connectivity index (χ3n) is 3.24. The maximum Gasteiger partial charge on any atom is 0.329 e. The van der Waals surface area contributed by atoms with Crippen LogP contribution in [-0.4, -0.2) is 50.7 Å². The number of nitrogens with zero attached hydrogens (tertiary/aromatic N) is 1. The largest absolute Gasteiger partial charge is 0.493 e. The summed E-state index contributed by atoms with van der Waals surface area (Å²) in [7, 11) is 4.07. The number of hydrogen-bond acceptors (Lipinski definition) is 6. The number of nitrogens with one attached hydrogen (secondary N) is 1. The monoisotopic (exact) mass is 354 g/mol. The van der Waals surface area contributed by atoms with Crippen molar-refractivity contribution < 1.29 is 28.6 Å². The standard InChI is InChI=1S/C15H15ClN2O6/c1-22-11-6-8(4-9(16)13(11)24-3)5-10-14(20)18(15(21)17-10)7-12(19)23-2/h4-6H,7H2,1-3H3,(H,17,21)/b10-5+. The smallest absolute Gasteiger partial charge is 0.329 e. The average Bonchev–Trinajstić information content (AvgIpc) is 2.81. The maximum atomic E-state index is 12.2. The second kappa shape index (κ2) is 7.22. The summed E-state index contributed by atoms with van der Waals surface area (Å²) in [5.74, 6) is -0.610. The Morgan fingerprint density at radius 2 is 1.96 bits per heavy atom. The van der Waals surface area contributed by atoms with Gasteiger partial charge >= 0.3 is 12.0 Å². The Bertz CT molecular complexity index is 731. The van der Waals surface area contributed by atoms with E-state index in [1.807, 2.05) is 0 Å². The first kappa shape index (κ1) is 17.6. The van der Waals surface area contributed by atoms with E-state index < -0.39 is 24.5 Å². The molecule has 0 aliphatic carbocycles. The lowest BCUT2D eigenvalue weighted by molar-refractivity contribution is -0.143. The highest BCUT2D eigenvalue weighted by Gasteiger charge is 2.35. The molecule has 0 spiro atoms. The van der Waals surface area contributed by atoms with Crippen molar-refractivity contribution in [2.45, 2.75) is 0 Å². The summed E-state index contributed by atoms with van der Waals surface area (Å²) in [4.78, 5) is 36.0. The Labute approximate surface area is 142 Å². The number of esters is 1. The quantitative estimate of drug-likeness (QED) is 0.488. The summed E-state index contributed by atoms with van der Waals surface area (Å²) in [6.45, 7) is -0.467. The summed E-state index contributed by atoms with van der Waals surface area (Å²) >= 11 is 6.10. The van der Waals surface area contributed by atoms with Gasteiger partial charge in [0, 0.05) is 0 Å². The Balaban J connectivity index is 2.32. The first-order valence-electron chi connectivity index (χ1n) is 6.74. The number of carbonyl (C=O) groups excluding carboxylic acids is 3. The first-order valence-corrected chi connectivity index (χ1v) is 7.12. The number of methoxy groups -OCH3 is 3. The van der Waals surface area contributed by atoms with Crippen LogP contribution >= 0.6 is 11.6 Å². The van der Waals surface area contributed by atoms with Crippen molar-refractivity contribution in [2.75, 3.05) is 27.9 Å². The molecule has 1 aromatic rings. The molecule has 1 N–H and O–H groups in total. The second-order valence-corrected chi connectivity index (χ2v) is 5.10. The Hall–Kier alpha value is -2.74. The van der Waals surface area contributed by atoms with Gasteiger partial charge in [0.25, 0.3) is 5.91 Å². The fourth-order valence-electron chi connectivity index (χ4n) is 2.10. The number of rotatable bonds is 5. The van der Waals surface area contributed by atoms with Crippen molar-refractivity contribution in [3.05, 3.63) is 28.4 Å². The van der Waals surface area contributed by atoms with Crippen LogP contribution in [0.1, 0.15) is 5.56 Å². The number of halogens is 1. The minimum absolute atomic E-state index is 0.00666. The molecule has 1 aromatic carbocycles. The highest BCUT2D eigenvalue weighted by atomic mass is 35.5. The van der Waals surface area contributed by atoms with E-state index in [9.17, 15) is 14.4 Å². The number of carbonyl (C=O) groups is 3. The van der Waals surface area contributed by atoms with Crippen LogP contribution in [0.25, 0.3) is 6.08 Å². The van der Waals surface area contributed by atoms with Gasteiger partial charge in [-0.2, -0.15) is 0 Å². The number of hydrogen-bond donors (Lipinski definition) is 1. The predicted molar refractivity (Wildman–Crippen MR) is 84.8 cm³/mol. The Kier molecular flexibility index (Phi) is 5.30. The summed E-state index contributed by atoms with van der Waals surface area (Å²) in [5.41, 5.74) is 0.522. The fourth-order valence-corrected chi connectivity index (χ4v) is 2.39. The third kappa shape index (κ3) is 3.43. The van der Waals surface area contributed by atoms with E-state index in [4.69, 9.17) is 21.1 Å². The number of amides is 3. The second-order valence-electron chi connectivity index (χ2n) is 4.69. The van der Waals surface area contributed by atoms with Gasteiger partial charge in [0.05, 0.1) is 26.4 Å². The van der Waals surface area contributed by atoms with Gasteiger partial charge in [-0.3, -0.25) is 9.59 Å². The Morgan fingerprint density at radius 3 is 2.54 bits per heavy atom. The van der Waals surface area contributed by atoms with Gasteiger partial charge in [-0.15, -0.1) is 0 Å². The van der Waals surface area contributed by atoms with Crippen LogP contribution < -0.4 is 14.8 Å². The lowest BCUT2D eigenvalue weighted by Gasteiger charge is -2.10. The molecular weight excluding hydrogens is 340 g/mol. The lowest BCUT2D eigenvalue weighted by Crippen LogP contribution is -2.36. The molecule has 24 heavy (non-hydrogen) atoms. The lowest BCUT2D eigenvalue weighted by atomic mass is 10.1. The van der Waals surface area contributed by atoms with Crippen molar-refractivity contribution in [3.63, 3.8) is 0 Å². The highest BCUT2D eigenvalue weighted by Crippen LogP contribution is 2.36. The minimum atomic E-state index is -0.705. The number of imide groups is 1. The van der Waals surface area contributed by atoms with Crippen molar-refractivity contribution >= 4 is 35.6 Å². The van der Waals surface area contributed by atoms with Crippen LogP contribution in [0.4, 0.5) is 4.79 Å². The molecule has 2 rings (SSSR count). The molecule has 0 aromatic heterocycles. The summed E-state index contributed by atoms with van der Waals surface area (Å²) < 4.78 is 14.8. The molecule has 0 saturated carbocycles. The minimum Gasteiger partial charge on any atom is -0.493 e. The zero-order valence-electron chi connectivity index (χ0n) is 13.2. The van der Waals surface area contributed by atoms with E-state index in [-0.39, 0.29) is 10.7 Å². The molecule has 0 bridgehead atoms. The van der Waals surface area contributed by atoms with E-state index in [0.29, 0.717) is 17.1 Å². The molecule has 1 aliphatic rings. The van der Waals surface area contributed by atoms with Gasteiger partial charge < -0.3 is 19.5 Å². The highest BCUT2D eigenvalue weighted by molar-refractivity contribution is 6.32. The van der Waals surface area contributed by atoms with Crippen LogP contribution in [0.5, 0.6) is 11.5 Å². The van der Waals surface area contributed by atoms with E-state index in [0.717, 1.165) is 4.90 Å². The van der Waals surface area contributed by atoms with Crippen molar-refractivity contribution in [2.24, 2.45) is 0 Å². The summed E-state index contributed by atoms with van der Waals surface area (Å²) in [6.07, 6.45) is 1.42. The van der Waals surface area contributed by atoms with Crippen molar-refractivity contribution in [1.82, 2.24) is 10.2 Å². The van der Waals surface area contributed by atoms with Gasteiger partial charge in [0.15, 0.2) is 11.5 Å². The third-order valence-corrected chi connectivity index (χ3v) is 3.52. The molecule has 0 unspecified atom stereocenters. The molecule has 1 aliphatic heterocycles. The molecule has 9 heteroatoms. The Morgan fingerprint density at radius 1 is 1.25 bits per heavy atom. The molecule has 1 fully saturated rings. The van der Waals surface area contributed by atoms with Gasteiger partial charge in [-0.1, -0.05) is 11.6 Å². The SMILES string of the molecule is COC(=O)CN1C(=O)N/C(=C/c2cc(Cl)c(OC)c(OC)c2)C1=O. The van der Waals surface area contributed by atoms with Crippen LogP contribution in [0, 0.1) is 0 Å². The van der Waals surface area contributed by atoms with Gasteiger partial charge in [-0.25, -0.2) is 9.69 Å². The predicted octanol–water partition coefficient (Wildman–Crippen LogP) is 1.42. The molecule has 128 valence electrons. The molecule has 0 atom stereocenters. The van der Waals surface area contributed by atoms with Crippen molar-refractivity contribution in [3.8, 4) is 11.5 Å². The molecule has 3 amide bonds. The first-order chi connectivity index (χ1) is 11.4. The normalized spacial score (nSPS) is 15.5. The molecule has 1 heterocycles. The van der Waals surface area contributed by atoms with Gasteiger partial charge in [0.2, 0.25) is 0 Å². The van der Waals surface area contributed by atoms with E-state index in [1.54, 1.807) is 12.1 Å². The molecule has 1 saturated heterocycles. The van der Waals surface area contributed by atoms with Gasteiger partial charge in [-0.05, 0) is 23.8 Å². The maximum absolute atomic E-state index is 12.2. The van der Waals surface area contributed by atoms with Crippen LogP contribution in [0.15, 0.2) is 17.8 Å². The summed E-state index contributed by atoms with van der Waals surface area (Å²) in [6, 6.07) is 2.45. The zero-order valence-corrected chi connectivity index (χ0v) is 14.0. The molecule has 8 nitrogen and oxygen atoms in total. The van der Waals surface area contributed by atoms with Crippen LogP contribution in [0.3, 0.4) is 0 Å². The van der Waals surface area contributed by atoms with Crippen LogP contribution in [0.2, 0.25) is 5.02 Å². The van der Waals surface area contributed by atoms with Gasteiger partial charge in [0.1, 0.15) is 12.2 Å². The molecular formula is C15H15ClN2O6. The van der Waals surface area contributed by atoms with Crippen molar-refractivity contribution in [1.29, 1.82) is 0 Å².